The van der Waals surface area contributed by atoms with Crippen LogP contribution in [-0.2, 0) is 4.79 Å². The van der Waals surface area contributed by atoms with Gasteiger partial charge in [0, 0.05) is 18.8 Å². The van der Waals surface area contributed by atoms with Gasteiger partial charge in [-0.05, 0) is 12.1 Å². The van der Waals surface area contributed by atoms with Gasteiger partial charge < -0.3 is 14.4 Å². The molecule has 0 radical (unpaired) electrons. The Labute approximate surface area is 107 Å². The molecule has 0 aromatic heterocycles. The van der Waals surface area contributed by atoms with E-state index >= 15 is 0 Å². The number of nitrogens with zero attached hydrogens (tertiary/aromatic N) is 2. The molecule has 5 heteroatoms. The molecule has 1 rings (SSSR count). The number of anilines is 1. The Morgan fingerprint density at radius 3 is 2.56 bits per heavy atom. The number of ketones is 1. The highest BCUT2D eigenvalue weighted by molar-refractivity contribution is 5.85. The van der Waals surface area contributed by atoms with E-state index in [2.05, 4.69) is 0 Å². The molecule has 1 aromatic carbocycles. The van der Waals surface area contributed by atoms with Crippen LogP contribution in [0.1, 0.15) is 6.42 Å². The van der Waals surface area contributed by atoms with E-state index in [1.54, 1.807) is 38.3 Å². The number of carbonyl (C=O) groups is 1. The van der Waals surface area contributed by atoms with Crippen LogP contribution in [0.2, 0.25) is 0 Å². The van der Waals surface area contributed by atoms with Gasteiger partial charge in [-0.1, -0.05) is 0 Å². The van der Waals surface area contributed by atoms with Crippen molar-refractivity contribution in [1.29, 1.82) is 5.26 Å². The largest absolute Gasteiger partial charge is 0.493 e. The molecule has 0 aliphatic carbocycles. The van der Waals surface area contributed by atoms with Gasteiger partial charge in [-0.2, -0.15) is 5.26 Å². The van der Waals surface area contributed by atoms with Crippen molar-refractivity contribution in [2.45, 2.75) is 6.42 Å². The number of carbonyl (C=O) groups excluding carboxylic acids is 1. The monoisotopic (exact) mass is 248 g/mol. The van der Waals surface area contributed by atoms with Gasteiger partial charge in [-0.25, -0.2) is 0 Å². The number of rotatable bonds is 6. The van der Waals surface area contributed by atoms with Crippen molar-refractivity contribution in [1.82, 2.24) is 0 Å². The Morgan fingerprint density at radius 1 is 1.33 bits per heavy atom. The van der Waals surface area contributed by atoms with Crippen LogP contribution < -0.4 is 14.4 Å². The Hall–Kier alpha value is -2.22. The predicted octanol–water partition coefficient (Wildman–Crippen LogP) is 1.62. The van der Waals surface area contributed by atoms with Crippen molar-refractivity contribution >= 4 is 11.5 Å². The topological polar surface area (TPSA) is 62.6 Å². The van der Waals surface area contributed by atoms with Crippen LogP contribution >= 0.6 is 0 Å². The molecule has 5 nitrogen and oxygen atoms in total. The molecule has 96 valence electrons. The first-order valence-electron chi connectivity index (χ1n) is 5.44. The minimum absolute atomic E-state index is 0.0718. The predicted molar refractivity (Wildman–Crippen MR) is 68.1 cm³/mol. The van der Waals surface area contributed by atoms with Gasteiger partial charge in [0.15, 0.2) is 17.3 Å². The van der Waals surface area contributed by atoms with E-state index in [1.165, 1.54) is 0 Å². The number of hydrogen-bond donors (Lipinski definition) is 0. The van der Waals surface area contributed by atoms with E-state index in [1.807, 2.05) is 12.1 Å². The van der Waals surface area contributed by atoms with E-state index in [4.69, 9.17) is 14.7 Å². The summed E-state index contributed by atoms with van der Waals surface area (Å²) in [6.07, 6.45) is -0.0718. The van der Waals surface area contributed by atoms with Crippen LogP contribution in [-0.4, -0.2) is 33.6 Å². The third-order valence-electron chi connectivity index (χ3n) is 2.50. The van der Waals surface area contributed by atoms with Crippen LogP contribution in [0.3, 0.4) is 0 Å². The number of methoxy groups -OCH3 is 2. The summed E-state index contributed by atoms with van der Waals surface area (Å²) < 4.78 is 10.3. The molecule has 0 unspecified atom stereocenters. The fourth-order valence-electron chi connectivity index (χ4n) is 1.56. The summed E-state index contributed by atoms with van der Waals surface area (Å²) in [6.45, 7) is 0.197. The third kappa shape index (κ3) is 3.39. The van der Waals surface area contributed by atoms with E-state index in [0.717, 1.165) is 5.69 Å². The lowest BCUT2D eigenvalue weighted by atomic mass is 10.2. The molecule has 0 spiro atoms. The molecule has 0 saturated carbocycles. The highest BCUT2D eigenvalue weighted by Gasteiger charge is 2.10. The summed E-state index contributed by atoms with van der Waals surface area (Å²) in [6, 6.07) is 7.25. The lowest BCUT2D eigenvalue weighted by molar-refractivity contribution is -0.116. The summed E-state index contributed by atoms with van der Waals surface area (Å²) in [4.78, 5) is 13.1. The second-order valence-corrected chi connectivity index (χ2v) is 3.77. The first-order chi connectivity index (χ1) is 8.62. The van der Waals surface area contributed by atoms with Crippen LogP contribution in [0, 0.1) is 11.3 Å². The highest BCUT2D eigenvalue weighted by Crippen LogP contribution is 2.30. The quantitative estimate of drug-likeness (QED) is 0.765. The molecule has 1 aromatic rings. The van der Waals surface area contributed by atoms with Crippen molar-refractivity contribution in [3.8, 4) is 17.6 Å². The number of nitriles is 1. The van der Waals surface area contributed by atoms with Crippen molar-refractivity contribution in [2.75, 3.05) is 32.7 Å². The molecular weight excluding hydrogens is 232 g/mol. The minimum Gasteiger partial charge on any atom is -0.493 e. The van der Waals surface area contributed by atoms with Gasteiger partial charge >= 0.3 is 0 Å². The third-order valence-corrected chi connectivity index (χ3v) is 2.50. The molecule has 0 aliphatic heterocycles. The molecule has 0 heterocycles. The highest BCUT2D eigenvalue weighted by atomic mass is 16.5. The average molecular weight is 248 g/mol. The van der Waals surface area contributed by atoms with Crippen LogP contribution in [0.4, 0.5) is 5.69 Å². The van der Waals surface area contributed by atoms with Gasteiger partial charge in [0.1, 0.15) is 0 Å². The van der Waals surface area contributed by atoms with E-state index in [9.17, 15) is 4.79 Å². The molecule has 0 aliphatic rings. The Kier molecular flexibility index (Phi) is 5.00. The SMILES string of the molecule is COc1ccc(N(C)CC(=O)CC#N)cc1OC. The molecule has 0 bridgehead atoms. The van der Waals surface area contributed by atoms with E-state index < -0.39 is 0 Å². The lowest BCUT2D eigenvalue weighted by Crippen LogP contribution is -2.25. The minimum atomic E-state index is -0.116. The second kappa shape index (κ2) is 6.50. The first kappa shape index (κ1) is 13.8. The van der Waals surface area contributed by atoms with Crippen LogP contribution in [0.25, 0.3) is 0 Å². The average Bonchev–Trinajstić information content (AvgIpc) is 2.38. The van der Waals surface area contributed by atoms with Crippen molar-refractivity contribution in [2.24, 2.45) is 0 Å². The zero-order valence-corrected chi connectivity index (χ0v) is 10.8. The number of ether oxygens (including phenoxy) is 2. The Morgan fingerprint density at radius 2 is 2.00 bits per heavy atom. The maximum Gasteiger partial charge on any atom is 0.166 e. The summed E-state index contributed by atoms with van der Waals surface area (Å²) >= 11 is 0. The zero-order valence-electron chi connectivity index (χ0n) is 10.8. The van der Waals surface area contributed by atoms with Gasteiger partial charge in [-0.15, -0.1) is 0 Å². The molecule has 0 N–H and O–H groups in total. The summed E-state index contributed by atoms with van der Waals surface area (Å²) in [5.74, 6) is 1.13. The Bertz CT molecular complexity index is 466. The maximum atomic E-state index is 11.4. The van der Waals surface area contributed by atoms with Gasteiger partial charge in [0.2, 0.25) is 0 Å². The van der Waals surface area contributed by atoms with Crippen LogP contribution in [0.15, 0.2) is 18.2 Å². The molecule has 18 heavy (non-hydrogen) atoms. The van der Waals surface area contributed by atoms with Gasteiger partial charge in [0.25, 0.3) is 0 Å². The van der Waals surface area contributed by atoms with Crippen molar-refractivity contribution in [3.05, 3.63) is 18.2 Å². The standard InChI is InChI=1S/C13H16N2O3/c1-15(9-11(16)6-7-14)10-4-5-12(17-2)13(8-10)18-3/h4-5,8H,6,9H2,1-3H3. The lowest BCUT2D eigenvalue weighted by Gasteiger charge is -2.19. The van der Waals surface area contributed by atoms with Crippen molar-refractivity contribution in [3.63, 3.8) is 0 Å². The summed E-state index contributed by atoms with van der Waals surface area (Å²) in [5, 5.41) is 8.44. The fourth-order valence-corrected chi connectivity index (χ4v) is 1.56. The summed E-state index contributed by atoms with van der Waals surface area (Å²) in [5.41, 5.74) is 0.832. The van der Waals surface area contributed by atoms with Gasteiger partial charge in [0.05, 0.1) is 33.3 Å². The molecule has 0 amide bonds. The smallest absolute Gasteiger partial charge is 0.166 e. The number of likely N-dealkylation sites (N-methyl/N-ethyl adjacent to an activating group) is 1. The van der Waals surface area contributed by atoms with Crippen molar-refractivity contribution < 1.29 is 14.3 Å². The van der Waals surface area contributed by atoms with E-state index in [-0.39, 0.29) is 18.7 Å². The first-order valence-corrected chi connectivity index (χ1v) is 5.44. The molecular formula is C13H16N2O3. The normalized spacial score (nSPS) is 9.44. The zero-order chi connectivity index (χ0) is 13.5. The Balaban J connectivity index is 2.83. The van der Waals surface area contributed by atoms with Crippen LogP contribution in [0.5, 0.6) is 11.5 Å². The number of hydrogen-bond acceptors (Lipinski definition) is 5. The molecule has 0 saturated heterocycles. The number of Topliss-reactive ketones (excluding diaryl/α,β-unsaturated/α-hetero) is 1. The van der Waals surface area contributed by atoms with E-state index in [0.29, 0.717) is 11.5 Å². The summed E-state index contributed by atoms with van der Waals surface area (Å²) in [7, 11) is 4.91. The number of benzene rings is 1. The fraction of sp³-hybridized carbons (Fsp3) is 0.385. The molecule has 0 fully saturated rings. The molecule has 0 atom stereocenters. The second-order valence-electron chi connectivity index (χ2n) is 3.77. The van der Waals surface area contributed by atoms with Gasteiger partial charge in [-0.3, -0.25) is 4.79 Å². The maximum absolute atomic E-state index is 11.4.